The van der Waals surface area contributed by atoms with Gasteiger partial charge in [-0.1, -0.05) is 23.7 Å². The molecule has 10 heteroatoms. The number of aromatic nitrogens is 2. The van der Waals surface area contributed by atoms with E-state index in [1.807, 2.05) is 0 Å². The molecule has 0 saturated carbocycles. The number of amides is 1. The Morgan fingerprint density at radius 1 is 1.19 bits per heavy atom. The molecule has 0 spiro atoms. The van der Waals surface area contributed by atoms with Crippen LogP contribution in [-0.4, -0.2) is 29.7 Å². The van der Waals surface area contributed by atoms with Crippen LogP contribution in [0.25, 0.3) is 21.3 Å². The minimum absolute atomic E-state index is 0.252. The minimum atomic E-state index is -0.455. The molecule has 7 nitrogen and oxygen atoms in total. The van der Waals surface area contributed by atoms with Gasteiger partial charge in [-0.15, -0.1) is 11.3 Å². The van der Waals surface area contributed by atoms with Gasteiger partial charge in [0.2, 0.25) is 5.91 Å². The van der Waals surface area contributed by atoms with Gasteiger partial charge in [-0.3, -0.25) is 14.2 Å². The number of halogens is 2. The summed E-state index contributed by atoms with van der Waals surface area (Å²) in [6, 6.07) is 9.03. The molecule has 0 radical (unpaired) electrons. The highest BCUT2D eigenvalue weighted by molar-refractivity contribution is 7.17. The Bertz CT molecular complexity index is 1370. The summed E-state index contributed by atoms with van der Waals surface area (Å²) in [7, 11) is 2.93. The number of ether oxygens (including phenoxy) is 2. The van der Waals surface area contributed by atoms with Gasteiger partial charge in [-0.05, 0) is 23.8 Å². The van der Waals surface area contributed by atoms with E-state index in [1.165, 1.54) is 54.6 Å². The number of nitrogens with one attached hydrogen (secondary N) is 1. The lowest BCUT2D eigenvalue weighted by Gasteiger charge is -2.13. The third kappa shape index (κ3) is 4.17. The van der Waals surface area contributed by atoms with Gasteiger partial charge in [0.05, 0.1) is 36.8 Å². The second kappa shape index (κ2) is 8.97. The number of anilines is 1. The summed E-state index contributed by atoms with van der Waals surface area (Å²) in [6.07, 6.45) is 1.32. The highest BCUT2D eigenvalue weighted by Crippen LogP contribution is 2.36. The Labute approximate surface area is 191 Å². The standard InChI is InChI=1S/C22H17ClFN3O4S/c1-30-17-8-18(31-2)16(7-15(17)23)26-19(28)9-27-11-25-20-14(10-32-21(20)22(27)29)12-3-5-13(24)6-4-12/h3-8,10-11H,9H2,1-2H3,(H,26,28). The Balaban J connectivity index is 1.59. The number of rotatable bonds is 6. The van der Waals surface area contributed by atoms with Gasteiger partial charge < -0.3 is 14.8 Å². The van der Waals surface area contributed by atoms with E-state index in [1.54, 1.807) is 23.6 Å². The van der Waals surface area contributed by atoms with Gasteiger partial charge in [0.15, 0.2) is 0 Å². The second-order valence-electron chi connectivity index (χ2n) is 6.75. The minimum Gasteiger partial charge on any atom is -0.495 e. The highest BCUT2D eigenvalue weighted by atomic mass is 35.5. The molecule has 1 amide bonds. The Kier molecular flexibility index (Phi) is 6.11. The lowest BCUT2D eigenvalue weighted by Crippen LogP contribution is -2.27. The Morgan fingerprint density at radius 3 is 2.59 bits per heavy atom. The summed E-state index contributed by atoms with van der Waals surface area (Å²) in [5.41, 5.74) is 2.00. The maximum absolute atomic E-state index is 13.2. The Morgan fingerprint density at radius 2 is 1.91 bits per heavy atom. The molecule has 4 rings (SSSR count). The molecule has 0 bridgehead atoms. The zero-order chi connectivity index (χ0) is 22.8. The summed E-state index contributed by atoms with van der Waals surface area (Å²) in [5.74, 6) is -0.0303. The molecule has 32 heavy (non-hydrogen) atoms. The molecule has 0 fully saturated rings. The molecule has 0 unspecified atom stereocenters. The van der Waals surface area contributed by atoms with Crippen molar-refractivity contribution in [2.45, 2.75) is 6.54 Å². The fourth-order valence-electron chi connectivity index (χ4n) is 3.19. The summed E-state index contributed by atoms with van der Waals surface area (Å²) < 4.78 is 25.3. The number of carbonyl (C=O) groups excluding carboxylic acids is 1. The van der Waals surface area contributed by atoms with Crippen LogP contribution >= 0.6 is 22.9 Å². The molecule has 0 aliphatic carbocycles. The van der Waals surface area contributed by atoms with Crippen LogP contribution in [0.3, 0.4) is 0 Å². The van der Waals surface area contributed by atoms with Crippen molar-refractivity contribution >= 4 is 44.7 Å². The van der Waals surface area contributed by atoms with Crippen LogP contribution in [0, 0.1) is 5.82 Å². The Hall–Kier alpha value is -3.43. The number of carbonyl (C=O) groups is 1. The highest BCUT2D eigenvalue weighted by Gasteiger charge is 2.16. The van der Waals surface area contributed by atoms with Crippen molar-refractivity contribution in [3.05, 3.63) is 69.3 Å². The first-order chi connectivity index (χ1) is 15.4. The third-order valence-electron chi connectivity index (χ3n) is 4.76. The fourth-order valence-corrected chi connectivity index (χ4v) is 4.41. The molecule has 0 aliphatic rings. The molecular weight excluding hydrogens is 457 g/mol. The van der Waals surface area contributed by atoms with E-state index in [2.05, 4.69) is 10.3 Å². The van der Waals surface area contributed by atoms with E-state index in [-0.39, 0.29) is 17.9 Å². The van der Waals surface area contributed by atoms with Crippen LogP contribution in [0.2, 0.25) is 5.02 Å². The predicted octanol–water partition coefficient (Wildman–Crippen LogP) is 4.57. The molecule has 1 N–H and O–H groups in total. The molecular formula is C22H17ClFN3O4S. The number of fused-ring (bicyclic) bond motifs is 1. The average molecular weight is 474 g/mol. The number of methoxy groups -OCH3 is 2. The quantitative estimate of drug-likeness (QED) is 0.443. The van der Waals surface area contributed by atoms with Gasteiger partial charge in [0.25, 0.3) is 5.56 Å². The topological polar surface area (TPSA) is 82.4 Å². The van der Waals surface area contributed by atoms with Gasteiger partial charge >= 0.3 is 0 Å². The summed E-state index contributed by atoms with van der Waals surface area (Å²) in [5, 5.41) is 4.78. The van der Waals surface area contributed by atoms with E-state index >= 15 is 0 Å². The smallest absolute Gasteiger partial charge is 0.271 e. The molecule has 4 aromatic rings. The van der Waals surface area contributed by atoms with Crippen molar-refractivity contribution in [3.63, 3.8) is 0 Å². The van der Waals surface area contributed by atoms with Crippen molar-refractivity contribution in [3.8, 4) is 22.6 Å². The normalized spacial score (nSPS) is 10.9. The van der Waals surface area contributed by atoms with Crippen molar-refractivity contribution in [2.75, 3.05) is 19.5 Å². The average Bonchev–Trinajstić information content (AvgIpc) is 3.21. The van der Waals surface area contributed by atoms with Crippen LogP contribution in [0.5, 0.6) is 11.5 Å². The number of nitrogens with zero attached hydrogens (tertiary/aromatic N) is 2. The van der Waals surface area contributed by atoms with Crippen molar-refractivity contribution in [1.29, 1.82) is 0 Å². The van der Waals surface area contributed by atoms with E-state index in [9.17, 15) is 14.0 Å². The largest absolute Gasteiger partial charge is 0.495 e. The van der Waals surface area contributed by atoms with Gasteiger partial charge in [0, 0.05) is 17.0 Å². The third-order valence-corrected chi connectivity index (χ3v) is 6.02. The molecule has 2 aromatic heterocycles. The SMILES string of the molecule is COc1cc(OC)c(NC(=O)Cn2cnc3c(-c4ccc(F)cc4)csc3c2=O)cc1Cl. The van der Waals surface area contributed by atoms with Crippen LogP contribution < -0.4 is 20.3 Å². The van der Waals surface area contributed by atoms with E-state index in [4.69, 9.17) is 21.1 Å². The maximum atomic E-state index is 13.2. The second-order valence-corrected chi connectivity index (χ2v) is 8.03. The monoisotopic (exact) mass is 473 g/mol. The zero-order valence-corrected chi connectivity index (χ0v) is 18.6. The summed E-state index contributed by atoms with van der Waals surface area (Å²) in [4.78, 5) is 29.9. The van der Waals surface area contributed by atoms with Crippen LogP contribution in [0.15, 0.2) is 52.9 Å². The summed E-state index contributed by atoms with van der Waals surface area (Å²) in [6.45, 7) is -0.252. The van der Waals surface area contributed by atoms with E-state index in [0.29, 0.717) is 32.4 Å². The number of hydrogen-bond acceptors (Lipinski definition) is 6. The lowest BCUT2D eigenvalue weighted by atomic mass is 10.1. The molecule has 164 valence electrons. The van der Waals surface area contributed by atoms with Gasteiger partial charge in [0.1, 0.15) is 28.6 Å². The van der Waals surface area contributed by atoms with Crippen molar-refractivity contribution < 1.29 is 18.7 Å². The molecule has 2 aromatic carbocycles. The van der Waals surface area contributed by atoms with Crippen molar-refractivity contribution in [2.24, 2.45) is 0 Å². The van der Waals surface area contributed by atoms with Gasteiger partial charge in [-0.2, -0.15) is 0 Å². The van der Waals surface area contributed by atoms with E-state index in [0.717, 1.165) is 11.1 Å². The molecule has 0 atom stereocenters. The van der Waals surface area contributed by atoms with Crippen LogP contribution in [0.4, 0.5) is 10.1 Å². The zero-order valence-electron chi connectivity index (χ0n) is 17.0. The summed E-state index contributed by atoms with van der Waals surface area (Å²) >= 11 is 7.36. The number of thiophene rings is 1. The first-order valence-corrected chi connectivity index (χ1v) is 10.6. The van der Waals surface area contributed by atoms with Crippen LogP contribution in [0.1, 0.15) is 0 Å². The maximum Gasteiger partial charge on any atom is 0.271 e. The van der Waals surface area contributed by atoms with Crippen LogP contribution in [-0.2, 0) is 11.3 Å². The number of benzene rings is 2. The lowest BCUT2D eigenvalue weighted by molar-refractivity contribution is -0.116. The van der Waals surface area contributed by atoms with Gasteiger partial charge in [-0.25, -0.2) is 9.37 Å². The first kappa shape index (κ1) is 21.8. The molecule has 2 heterocycles. The van der Waals surface area contributed by atoms with E-state index < -0.39 is 5.91 Å². The molecule has 0 aliphatic heterocycles. The number of hydrogen-bond donors (Lipinski definition) is 1. The fraction of sp³-hybridized carbons (Fsp3) is 0.136. The van der Waals surface area contributed by atoms with Crippen molar-refractivity contribution in [1.82, 2.24) is 9.55 Å². The molecule has 0 saturated heterocycles. The first-order valence-electron chi connectivity index (χ1n) is 9.35. The predicted molar refractivity (Wildman–Crippen MR) is 122 cm³/mol.